The Hall–Kier alpha value is -2.61. The van der Waals surface area contributed by atoms with Crippen molar-refractivity contribution in [3.8, 4) is 0 Å². The second-order valence-electron chi connectivity index (χ2n) is 7.82. The molecule has 0 spiro atoms. The zero-order valence-corrected chi connectivity index (χ0v) is 19.7. The summed E-state index contributed by atoms with van der Waals surface area (Å²) in [5, 5.41) is 12.7. The molecule has 1 aliphatic rings. The van der Waals surface area contributed by atoms with Gasteiger partial charge >= 0.3 is 5.97 Å². The van der Waals surface area contributed by atoms with Crippen LogP contribution >= 0.6 is 23.2 Å². The van der Waals surface area contributed by atoms with Crippen LogP contribution in [0.15, 0.2) is 48.5 Å². The highest BCUT2D eigenvalue weighted by Crippen LogP contribution is 2.42. The van der Waals surface area contributed by atoms with Gasteiger partial charge in [-0.1, -0.05) is 60.8 Å². The molecule has 33 heavy (non-hydrogen) atoms. The fraction of sp³-hybridized carbons (Fsp3) is 0.375. The summed E-state index contributed by atoms with van der Waals surface area (Å²) in [6.45, 7) is 1.73. The first-order valence-corrected chi connectivity index (χ1v) is 11.5. The maximum Gasteiger partial charge on any atom is 0.305 e. The van der Waals surface area contributed by atoms with Crippen molar-refractivity contribution in [2.24, 2.45) is 0 Å². The summed E-state index contributed by atoms with van der Waals surface area (Å²) in [6, 6.07) is 12.9. The van der Waals surface area contributed by atoms with E-state index in [0.717, 1.165) is 11.1 Å². The average molecular weight is 493 g/mol. The van der Waals surface area contributed by atoms with Crippen molar-refractivity contribution in [2.45, 2.75) is 44.4 Å². The summed E-state index contributed by atoms with van der Waals surface area (Å²) in [4.78, 5) is 38.7. The molecule has 0 aliphatic carbocycles. The standard InChI is InChI=1S/C24H26Cl2N2O5/c1-2-3-19(24(32)27-13-12-21(30)31)28-20(29)14-33-23(16-6-10-18(26)11-7-16)22(28)15-4-8-17(25)9-5-15/h4-11,19,22-23H,2-3,12-14H2,1H3,(H,27,32)(H,30,31)/t19-,22+,23-/m0/s1. The van der Waals surface area contributed by atoms with Crippen LogP contribution in [-0.4, -0.2) is 47.0 Å². The van der Waals surface area contributed by atoms with Crippen molar-refractivity contribution in [1.82, 2.24) is 10.2 Å². The van der Waals surface area contributed by atoms with Gasteiger partial charge in [0.15, 0.2) is 0 Å². The zero-order chi connectivity index (χ0) is 24.0. The van der Waals surface area contributed by atoms with Crippen molar-refractivity contribution < 1.29 is 24.2 Å². The molecule has 0 radical (unpaired) electrons. The predicted molar refractivity (Wildman–Crippen MR) is 125 cm³/mol. The normalized spacial score (nSPS) is 19.2. The van der Waals surface area contributed by atoms with E-state index in [2.05, 4.69) is 5.32 Å². The molecular weight excluding hydrogens is 467 g/mol. The minimum Gasteiger partial charge on any atom is -0.481 e. The van der Waals surface area contributed by atoms with Gasteiger partial charge < -0.3 is 20.1 Å². The summed E-state index contributed by atoms with van der Waals surface area (Å²) in [6.07, 6.45) is 0.338. The van der Waals surface area contributed by atoms with Crippen LogP contribution in [0.1, 0.15) is 49.5 Å². The lowest BCUT2D eigenvalue weighted by atomic mass is 9.90. The Morgan fingerprint density at radius 2 is 1.67 bits per heavy atom. The number of benzene rings is 2. The Labute approximate surface area is 202 Å². The van der Waals surface area contributed by atoms with Crippen LogP contribution in [-0.2, 0) is 19.1 Å². The molecule has 0 unspecified atom stereocenters. The number of aliphatic carboxylic acids is 1. The van der Waals surface area contributed by atoms with Gasteiger partial charge in [-0.25, -0.2) is 0 Å². The highest BCUT2D eigenvalue weighted by molar-refractivity contribution is 6.30. The molecule has 2 amide bonds. The van der Waals surface area contributed by atoms with Gasteiger partial charge in [0.1, 0.15) is 18.8 Å². The van der Waals surface area contributed by atoms with Crippen LogP contribution in [0.5, 0.6) is 0 Å². The third kappa shape index (κ3) is 6.25. The smallest absolute Gasteiger partial charge is 0.305 e. The number of carbonyl (C=O) groups excluding carboxylic acids is 2. The van der Waals surface area contributed by atoms with E-state index in [4.69, 9.17) is 33.0 Å². The molecule has 176 valence electrons. The molecule has 1 fully saturated rings. The molecule has 2 N–H and O–H groups in total. The number of nitrogens with one attached hydrogen (secondary N) is 1. The number of ether oxygens (including phenoxy) is 1. The fourth-order valence-electron chi connectivity index (χ4n) is 4.00. The second kappa shape index (κ2) is 11.5. The van der Waals surface area contributed by atoms with Gasteiger partial charge in [0, 0.05) is 16.6 Å². The lowest BCUT2D eigenvalue weighted by molar-refractivity contribution is -0.167. The summed E-state index contributed by atoms with van der Waals surface area (Å²) < 4.78 is 5.99. The Morgan fingerprint density at radius 1 is 1.09 bits per heavy atom. The van der Waals surface area contributed by atoms with Gasteiger partial charge in [0.05, 0.1) is 12.5 Å². The lowest BCUT2D eigenvalue weighted by Gasteiger charge is -2.45. The van der Waals surface area contributed by atoms with Crippen LogP contribution in [0.3, 0.4) is 0 Å². The first kappa shape index (κ1) is 25.0. The zero-order valence-electron chi connectivity index (χ0n) is 18.2. The number of hydrogen-bond donors (Lipinski definition) is 2. The maximum atomic E-state index is 13.2. The number of halogens is 2. The monoisotopic (exact) mass is 492 g/mol. The molecule has 2 aromatic rings. The molecular formula is C24H26Cl2N2O5. The van der Waals surface area contributed by atoms with E-state index < -0.39 is 24.2 Å². The van der Waals surface area contributed by atoms with Crippen molar-refractivity contribution in [3.05, 3.63) is 69.7 Å². The molecule has 1 heterocycles. The van der Waals surface area contributed by atoms with E-state index in [9.17, 15) is 14.4 Å². The Balaban J connectivity index is 2.02. The van der Waals surface area contributed by atoms with Gasteiger partial charge in [-0.15, -0.1) is 0 Å². The highest BCUT2D eigenvalue weighted by Gasteiger charge is 2.44. The van der Waals surface area contributed by atoms with Crippen molar-refractivity contribution >= 4 is 41.0 Å². The van der Waals surface area contributed by atoms with Crippen LogP contribution in [0, 0.1) is 0 Å². The van der Waals surface area contributed by atoms with Gasteiger partial charge in [-0.3, -0.25) is 14.4 Å². The predicted octanol–water partition coefficient (Wildman–Crippen LogP) is 4.39. The van der Waals surface area contributed by atoms with Crippen molar-refractivity contribution in [2.75, 3.05) is 13.2 Å². The molecule has 7 nitrogen and oxygen atoms in total. The van der Waals surface area contributed by atoms with E-state index in [0.29, 0.717) is 22.9 Å². The minimum absolute atomic E-state index is 0.0147. The lowest BCUT2D eigenvalue weighted by Crippen LogP contribution is -2.56. The SMILES string of the molecule is CCC[C@@H](C(=O)NCCC(=O)O)N1C(=O)CO[C@@H](c2ccc(Cl)cc2)[C@H]1c1ccc(Cl)cc1. The van der Waals surface area contributed by atoms with E-state index in [1.54, 1.807) is 29.2 Å². The maximum absolute atomic E-state index is 13.2. The van der Waals surface area contributed by atoms with Crippen molar-refractivity contribution in [3.63, 3.8) is 0 Å². The highest BCUT2D eigenvalue weighted by atomic mass is 35.5. The number of rotatable bonds is 9. The van der Waals surface area contributed by atoms with Gasteiger partial charge in [-0.05, 0) is 41.8 Å². The van der Waals surface area contributed by atoms with E-state index in [1.165, 1.54) is 0 Å². The van der Waals surface area contributed by atoms with Crippen LogP contribution in [0.2, 0.25) is 10.0 Å². The number of morpholine rings is 1. The number of amides is 2. The van der Waals surface area contributed by atoms with Crippen LogP contribution in [0.25, 0.3) is 0 Å². The van der Waals surface area contributed by atoms with Gasteiger partial charge in [0.2, 0.25) is 11.8 Å². The topological polar surface area (TPSA) is 95.9 Å². The second-order valence-corrected chi connectivity index (χ2v) is 8.69. The molecule has 1 aliphatic heterocycles. The first-order chi connectivity index (χ1) is 15.8. The Morgan fingerprint density at radius 3 is 2.21 bits per heavy atom. The number of nitrogens with zero attached hydrogens (tertiary/aromatic N) is 1. The number of carbonyl (C=O) groups is 3. The minimum atomic E-state index is -1.01. The average Bonchev–Trinajstić information content (AvgIpc) is 2.78. The molecule has 1 saturated heterocycles. The quantitative estimate of drug-likeness (QED) is 0.540. The van der Waals surface area contributed by atoms with E-state index >= 15 is 0 Å². The summed E-state index contributed by atoms with van der Waals surface area (Å²) >= 11 is 12.2. The summed E-state index contributed by atoms with van der Waals surface area (Å²) in [7, 11) is 0. The number of carboxylic acid groups (broad SMARTS) is 1. The molecule has 0 saturated carbocycles. The summed E-state index contributed by atoms with van der Waals surface area (Å²) in [5.74, 6) is -1.71. The molecule has 2 aromatic carbocycles. The molecule has 3 rings (SSSR count). The molecule has 3 atom stereocenters. The van der Waals surface area contributed by atoms with E-state index in [-0.39, 0.29) is 31.4 Å². The molecule has 0 bridgehead atoms. The van der Waals surface area contributed by atoms with Crippen LogP contribution < -0.4 is 5.32 Å². The third-order valence-corrected chi connectivity index (χ3v) is 6.01. The fourth-order valence-corrected chi connectivity index (χ4v) is 4.25. The van der Waals surface area contributed by atoms with Crippen molar-refractivity contribution in [1.29, 1.82) is 0 Å². The summed E-state index contributed by atoms with van der Waals surface area (Å²) in [5.41, 5.74) is 1.59. The number of carboxylic acids is 1. The number of hydrogen-bond acceptors (Lipinski definition) is 4. The molecule has 9 heteroatoms. The van der Waals surface area contributed by atoms with E-state index in [1.807, 2.05) is 31.2 Å². The van der Waals surface area contributed by atoms with Gasteiger partial charge in [-0.2, -0.15) is 0 Å². The first-order valence-electron chi connectivity index (χ1n) is 10.7. The van der Waals surface area contributed by atoms with Crippen LogP contribution in [0.4, 0.5) is 0 Å². The Bertz CT molecular complexity index is 981. The Kier molecular flexibility index (Phi) is 8.72. The van der Waals surface area contributed by atoms with Gasteiger partial charge in [0.25, 0.3) is 0 Å². The third-order valence-electron chi connectivity index (χ3n) is 5.51. The largest absolute Gasteiger partial charge is 0.481 e. The molecule has 0 aromatic heterocycles.